The van der Waals surface area contributed by atoms with Gasteiger partial charge in [0.2, 0.25) is 10.0 Å². The van der Waals surface area contributed by atoms with E-state index in [1.807, 2.05) is 28.8 Å². The molecule has 4 rings (SSSR count). The molecular formula is C19H21N3O2S. The fourth-order valence-electron chi connectivity index (χ4n) is 3.36. The zero-order valence-electron chi connectivity index (χ0n) is 14.1. The number of nitrogens with one attached hydrogen (secondary N) is 1. The molecule has 2 heterocycles. The van der Waals surface area contributed by atoms with Crippen LogP contribution in [0, 0.1) is 6.92 Å². The zero-order valence-corrected chi connectivity index (χ0v) is 15.0. The summed E-state index contributed by atoms with van der Waals surface area (Å²) in [4.78, 5) is 4.61. The van der Waals surface area contributed by atoms with Gasteiger partial charge in [-0.15, -0.1) is 0 Å². The molecule has 0 atom stereocenters. The van der Waals surface area contributed by atoms with Gasteiger partial charge in [-0.2, -0.15) is 0 Å². The fraction of sp³-hybridized carbons (Fsp3) is 0.316. The monoisotopic (exact) mass is 355 g/mol. The van der Waals surface area contributed by atoms with E-state index in [4.69, 9.17) is 0 Å². The van der Waals surface area contributed by atoms with Gasteiger partial charge in [-0.25, -0.2) is 13.4 Å². The van der Waals surface area contributed by atoms with Crippen molar-refractivity contribution in [2.45, 2.75) is 37.9 Å². The number of anilines is 1. The van der Waals surface area contributed by atoms with Crippen LogP contribution >= 0.6 is 0 Å². The Hall–Kier alpha value is -2.34. The van der Waals surface area contributed by atoms with Crippen LogP contribution in [0.25, 0.3) is 16.9 Å². The molecule has 2 aromatic heterocycles. The van der Waals surface area contributed by atoms with Crippen molar-refractivity contribution in [3.05, 3.63) is 54.4 Å². The van der Waals surface area contributed by atoms with Crippen LogP contribution in [0.3, 0.4) is 0 Å². The quantitative estimate of drug-likeness (QED) is 0.769. The van der Waals surface area contributed by atoms with E-state index >= 15 is 0 Å². The summed E-state index contributed by atoms with van der Waals surface area (Å²) in [5, 5.41) is -0.269. The first-order valence-electron chi connectivity index (χ1n) is 8.59. The molecule has 1 aromatic carbocycles. The number of nitrogens with zero attached hydrogens (tertiary/aromatic N) is 2. The minimum atomic E-state index is -3.32. The van der Waals surface area contributed by atoms with Gasteiger partial charge in [0.1, 0.15) is 5.65 Å². The summed E-state index contributed by atoms with van der Waals surface area (Å²) in [6.45, 7) is 2.05. The van der Waals surface area contributed by atoms with Gasteiger partial charge in [0, 0.05) is 18.0 Å². The number of pyridine rings is 1. The maximum Gasteiger partial charge on any atom is 0.235 e. The van der Waals surface area contributed by atoms with Crippen molar-refractivity contribution in [3.63, 3.8) is 0 Å². The van der Waals surface area contributed by atoms with Crippen molar-refractivity contribution in [1.82, 2.24) is 9.38 Å². The molecule has 1 saturated carbocycles. The Balaban J connectivity index is 1.63. The standard InChI is InChI=1S/C19H21N3O2S/c1-14-6-8-15(9-7-14)18-13-22-12-16(10-11-19(22)20-18)21-25(23,24)17-4-2-3-5-17/h6-13,17,21H,2-5H2,1H3. The van der Waals surface area contributed by atoms with E-state index in [0.717, 1.165) is 42.6 Å². The Labute approximate surface area is 147 Å². The van der Waals surface area contributed by atoms with Crippen LogP contribution in [0.15, 0.2) is 48.8 Å². The fourth-order valence-corrected chi connectivity index (χ4v) is 4.93. The number of rotatable bonds is 4. The van der Waals surface area contributed by atoms with Gasteiger partial charge < -0.3 is 4.40 Å². The van der Waals surface area contributed by atoms with E-state index in [1.165, 1.54) is 5.56 Å². The van der Waals surface area contributed by atoms with Crippen molar-refractivity contribution < 1.29 is 8.42 Å². The Morgan fingerprint density at radius 1 is 1.04 bits per heavy atom. The van der Waals surface area contributed by atoms with Crippen LogP contribution in [-0.4, -0.2) is 23.1 Å². The van der Waals surface area contributed by atoms with Crippen LogP contribution < -0.4 is 4.72 Å². The highest BCUT2D eigenvalue weighted by Gasteiger charge is 2.28. The van der Waals surface area contributed by atoms with Crippen LogP contribution in [0.4, 0.5) is 5.69 Å². The van der Waals surface area contributed by atoms with Gasteiger partial charge in [-0.3, -0.25) is 4.72 Å². The van der Waals surface area contributed by atoms with Gasteiger partial charge in [-0.1, -0.05) is 42.7 Å². The predicted molar refractivity (Wildman–Crippen MR) is 100 cm³/mol. The molecule has 6 heteroatoms. The second kappa shape index (κ2) is 6.19. The first-order chi connectivity index (χ1) is 12.0. The number of fused-ring (bicyclic) bond motifs is 1. The molecule has 130 valence electrons. The molecule has 0 saturated heterocycles. The largest absolute Gasteiger partial charge is 0.304 e. The van der Waals surface area contributed by atoms with E-state index in [-0.39, 0.29) is 5.25 Å². The first-order valence-corrected chi connectivity index (χ1v) is 10.1. The van der Waals surface area contributed by atoms with E-state index in [1.54, 1.807) is 12.3 Å². The highest BCUT2D eigenvalue weighted by Crippen LogP contribution is 2.27. The normalized spacial score (nSPS) is 15.7. The highest BCUT2D eigenvalue weighted by molar-refractivity contribution is 7.93. The second-order valence-corrected chi connectivity index (χ2v) is 8.69. The third-order valence-electron chi connectivity index (χ3n) is 4.80. The number of aryl methyl sites for hydroxylation is 1. The number of benzene rings is 1. The summed E-state index contributed by atoms with van der Waals surface area (Å²) in [6, 6.07) is 11.8. The molecular weight excluding hydrogens is 334 g/mol. The number of hydrogen-bond acceptors (Lipinski definition) is 3. The van der Waals surface area contributed by atoms with Crippen LogP contribution in [0.1, 0.15) is 31.2 Å². The molecule has 3 aromatic rings. The lowest BCUT2D eigenvalue weighted by atomic mass is 10.1. The Kier molecular flexibility index (Phi) is 4.00. The average Bonchev–Trinajstić information content (AvgIpc) is 3.25. The summed E-state index contributed by atoms with van der Waals surface area (Å²) >= 11 is 0. The summed E-state index contributed by atoms with van der Waals surface area (Å²) in [5.41, 5.74) is 4.49. The number of hydrogen-bond donors (Lipinski definition) is 1. The van der Waals surface area contributed by atoms with E-state index in [0.29, 0.717) is 5.69 Å². The lowest BCUT2D eigenvalue weighted by Gasteiger charge is -2.13. The molecule has 0 bridgehead atoms. The first kappa shape index (κ1) is 16.1. The van der Waals surface area contributed by atoms with Crippen LogP contribution in [0.2, 0.25) is 0 Å². The highest BCUT2D eigenvalue weighted by atomic mass is 32.2. The summed E-state index contributed by atoms with van der Waals surface area (Å²) in [5.74, 6) is 0. The van der Waals surface area contributed by atoms with E-state index in [9.17, 15) is 8.42 Å². The number of sulfonamides is 1. The van der Waals surface area contributed by atoms with E-state index < -0.39 is 10.0 Å². The summed E-state index contributed by atoms with van der Waals surface area (Å²) in [6.07, 6.45) is 7.19. The maximum atomic E-state index is 12.5. The Morgan fingerprint density at radius 3 is 2.48 bits per heavy atom. The van der Waals surface area contributed by atoms with Crippen molar-refractivity contribution in [3.8, 4) is 11.3 Å². The van der Waals surface area contributed by atoms with Crippen molar-refractivity contribution in [2.75, 3.05) is 4.72 Å². The summed E-state index contributed by atoms with van der Waals surface area (Å²) in [7, 11) is -3.32. The van der Waals surface area contributed by atoms with Gasteiger partial charge in [0.05, 0.1) is 16.6 Å². The Bertz CT molecular complexity index is 1000. The second-order valence-electron chi connectivity index (χ2n) is 6.73. The number of aromatic nitrogens is 2. The molecule has 0 spiro atoms. The molecule has 1 N–H and O–H groups in total. The topological polar surface area (TPSA) is 63.5 Å². The minimum Gasteiger partial charge on any atom is -0.304 e. The number of imidazole rings is 1. The van der Waals surface area contributed by atoms with Gasteiger partial charge in [0.15, 0.2) is 0 Å². The predicted octanol–water partition coefficient (Wildman–Crippen LogP) is 3.99. The molecule has 0 unspecified atom stereocenters. The molecule has 1 aliphatic rings. The average molecular weight is 355 g/mol. The molecule has 0 radical (unpaired) electrons. The third kappa shape index (κ3) is 3.26. The van der Waals surface area contributed by atoms with Crippen molar-refractivity contribution in [1.29, 1.82) is 0 Å². The molecule has 1 fully saturated rings. The smallest absolute Gasteiger partial charge is 0.235 e. The van der Waals surface area contributed by atoms with Gasteiger partial charge in [-0.05, 0) is 31.9 Å². The lowest BCUT2D eigenvalue weighted by Crippen LogP contribution is -2.25. The maximum absolute atomic E-state index is 12.5. The van der Waals surface area contributed by atoms with E-state index in [2.05, 4.69) is 28.8 Å². The van der Waals surface area contributed by atoms with Gasteiger partial charge in [0.25, 0.3) is 0 Å². The minimum absolute atomic E-state index is 0.269. The lowest BCUT2D eigenvalue weighted by molar-refractivity contribution is 0.585. The zero-order chi connectivity index (χ0) is 17.4. The Morgan fingerprint density at radius 2 is 1.76 bits per heavy atom. The van der Waals surface area contributed by atoms with Crippen LogP contribution in [0.5, 0.6) is 0 Å². The van der Waals surface area contributed by atoms with Crippen molar-refractivity contribution in [2.24, 2.45) is 0 Å². The van der Waals surface area contributed by atoms with Gasteiger partial charge >= 0.3 is 0 Å². The summed E-state index contributed by atoms with van der Waals surface area (Å²) < 4.78 is 29.5. The molecule has 0 aliphatic heterocycles. The SMILES string of the molecule is Cc1ccc(-c2cn3cc(NS(=O)(=O)C4CCCC4)ccc3n2)cc1. The third-order valence-corrected chi connectivity index (χ3v) is 6.67. The molecule has 0 amide bonds. The molecule has 5 nitrogen and oxygen atoms in total. The molecule has 25 heavy (non-hydrogen) atoms. The molecule has 1 aliphatic carbocycles. The van der Waals surface area contributed by atoms with Crippen LogP contribution in [-0.2, 0) is 10.0 Å². The van der Waals surface area contributed by atoms with Crippen molar-refractivity contribution >= 4 is 21.4 Å².